The number of amides is 1. The summed E-state index contributed by atoms with van der Waals surface area (Å²) >= 11 is 5.63. The minimum Gasteiger partial charge on any atom is -0.465 e. The second-order valence-corrected chi connectivity index (χ2v) is 6.46. The quantitative estimate of drug-likeness (QED) is 0.781. The molecule has 0 aliphatic rings. The molecule has 0 saturated carbocycles. The van der Waals surface area contributed by atoms with E-state index in [0.29, 0.717) is 5.13 Å². The summed E-state index contributed by atoms with van der Waals surface area (Å²) in [6.07, 6.45) is -0.993. The van der Waals surface area contributed by atoms with Gasteiger partial charge in [0.15, 0.2) is 5.13 Å². The summed E-state index contributed by atoms with van der Waals surface area (Å²) in [5.41, 5.74) is 0.270. The average molecular weight is 282 g/mol. The number of fused-ring (bicyclic) bond motifs is 1. The van der Waals surface area contributed by atoms with Crippen molar-refractivity contribution in [1.82, 2.24) is 4.98 Å². The molecule has 1 aromatic heterocycles. The molecule has 0 aliphatic heterocycles. The van der Waals surface area contributed by atoms with Crippen LogP contribution in [0.1, 0.15) is 20.8 Å². The van der Waals surface area contributed by atoms with Gasteiger partial charge in [-0.2, -0.15) is 0 Å². The molecule has 0 saturated heterocycles. The minimum absolute atomic E-state index is 0.490. The van der Waals surface area contributed by atoms with Gasteiger partial charge in [-0.3, -0.25) is 0 Å². The molecule has 96 valence electrons. The zero-order chi connectivity index (χ0) is 13.5. The maximum atomic E-state index is 11.4. The Kier molecular flexibility index (Phi) is 3.25. The number of rotatable bonds is 1. The lowest BCUT2D eigenvalue weighted by atomic mass is 10.1. The van der Waals surface area contributed by atoms with E-state index >= 15 is 0 Å². The molecule has 0 spiro atoms. The molecule has 2 aromatic rings. The van der Waals surface area contributed by atoms with Crippen LogP contribution in [0.25, 0.3) is 10.2 Å². The van der Waals surface area contributed by atoms with Crippen molar-refractivity contribution in [3.05, 3.63) is 18.2 Å². The van der Waals surface area contributed by atoms with E-state index in [1.807, 2.05) is 39.0 Å². The van der Waals surface area contributed by atoms with E-state index in [-0.39, 0.29) is 0 Å². The van der Waals surface area contributed by atoms with Gasteiger partial charge in [0, 0.05) is 10.4 Å². The van der Waals surface area contributed by atoms with Crippen molar-refractivity contribution in [2.24, 2.45) is 0 Å². The topological polar surface area (TPSA) is 53.4 Å². The number of thiazole rings is 1. The monoisotopic (exact) mass is 282 g/mol. The van der Waals surface area contributed by atoms with Gasteiger partial charge >= 0.3 is 6.09 Å². The van der Waals surface area contributed by atoms with E-state index in [0.717, 1.165) is 15.1 Å². The third kappa shape index (κ3) is 2.44. The molecule has 6 heteroatoms. The molecule has 0 atom stereocenters. The van der Waals surface area contributed by atoms with E-state index in [4.69, 9.17) is 0 Å². The summed E-state index contributed by atoms with van der Waals surface area (Å²) < 4.78 is 0.938. The molecule has 1 aromatic carbocycles. The molecule has 0 fully saturated rings. The molecular weight excluding hydrogens is 268 g/mol. The smallest absolute Gasteiger partial charge is 0.414 e. The standard InChI is InChI=1S/C12H14N2O2S2/c1-12(2,3)14(11(15)16)10-13-8-5-4-7(17)6-9(8)18-10/h4-6,17H,1-3H3,(H,15,16). The van der Waals surface area contributed by atoms with Gasteiger partial charge in [0.1, 0.15) is 0 Å². The van der Waals surface area contributed by atoms with E-state index < -0.39 is 11.6 Å². The van der Waals surface area contributed by atoms with Gasteiger partial charge in [-0.15, -0.1) is 12.6 Å². The van der Waals surface area contributed by atoms with Crippen LogP contribution in [0.3, 0.4) is 0 Å². The van der Waals surface area contributed by atoms with Crippen molar-refractivity contribution in [3.63, 3.8) is 0 Å². The Morgan fingerprint density at radius 1 is 1.44 bits per heavy atom. The molecule has 18 heavy (non-hydrogen) atoms. The van der Waals surface area contributed by atoms with Gasteiger partial charge in [0.25, 0.3) is 0 Å². The number of thiol groups is 1. The van der Waals surface area contributed by atoms with E-state index in [1.165, 1.54) is 16.2 Å². The molecule has 1 heterocycles. The summed E-state index contributed by atoms with van der Waals surface area (Å²) in [7, 11) is 0. The predicted molar refractivity (Wildman–Crippen MR) is 77.1 cm³/mol. The average Bonchev–Trinajstić information content (AvgIpc) is 2.56. The van der Waals surface area contributed by atoms with Crippen molar-refractivity contribution in [2.75, 3.05) is 4.90 Å². The third-order valence-electron chi connectivity index (χ3n) is 2.41. The van der Waals surface area contributed by atoms with Crippen LogP contribution in [0, 0.1) is 0 Å². The Balaban J connectivity index is 2.55. The maximum Gasteiger partial charge on any atom is 0.414 e. The predicted octanol–water partition coefficient (Wildman–Crippen LogP) is 3.87. The lowest BCUT2D eigenvalue weighted by molar-refractivity contribution is 0.195. The van der Waals surface area contributed by atoms with Gasteiger partial charge < -0.3 is 5.11 Å². The van der Waals surface area contributed by atoms with Crippen LogP contribution in [0.15, 0.2) is 23.1 Å². The van der Waals surface area contributed by atoms with Crippen molar-refractivity contribution in [3.8, 4) is 0 Å². The molecule has 0 aliphatic carbocycles. The van der Waals surface area contributed by atoms with Crippen LogP contribution in [0.2, 0.25) is 0 Å². The van der Waals surface area contributed by atoms with Gasteiger partial charge in [0.05, 0.1) is 10.2 Å². The molecule has 1 N–H and O–H groups in total. The zero-order valence-corrected chi connectivity index (χ0v) is 12.0. The molecule has 4 nitrogen and oxygen atoms in total. The van der Waals surface area contributed by atoms with Crippen LogP contribution < -0.4 is 4.90 Å². The van der Waals surface area contributed by atoms with Crippen molar-refractivity contribution in [2.45, 2.75) is 31.2 Å². The lowest BCUT2D eigenvalue weighted by Gasteiger charge is -2.30. The summed E-state index contributed by atoms with van der Waals surface area (Å²) in [4.78, 5) is 17.9. The Bertz CT molecular complexity index is 602. The van der Waals surface area contributed by atoms with Gasteiger partial charge in [0.2, 0.25) is 0 Å². The first-order valence-electron chi connectivity index (χ1n) is 5.42. The van der Waals surface area contributed by atoms with Crippen molar-refractivity contribution >= 4 is 45.4 Å². The molecular formula is C12H14N2O2S2. The van der Waals surface area contributed by atoms with Gasteiger partial charge in [-0.1, -0.05) is 11.3 Å². The van der Waals surface area contributed by atoms with Crippen LogP contribution in [0.4, 0.5) is 9.93 Å². The SMILES string of the molecule is CC(C)(C)N(C(=O)O)c1nc2ccc(S)cc2s1. The second-order valence-electron chi connectivity index (χ2n) is 4.94. The van der Waals surface area contributed by atoms with E-state index in [2.05, 4.69) is 17.6 Å². The van der Waals surface area contributed by atoms with E-state index in [9.17, 15) is 9.90 Å². The third-order valence-corrected chi connectivity index (χ3v) is 3.70. The fourth-order valence-corrected chi connectivity index (χ4v) is 3.13. The number of hydrogen-bond donors (Lipinski definition) is 2. The number of carbonyl (C=O) groups is 1. The summed E-state index contributed by atoms with van der Waals surface area (Å²) in [5.74, 6) is 0. The number of nitrogens with zero attached hydrogens (tertiary/aromatic N) is 2. The fourth-order valence-electron chi connectivity index (χ4n) is 1.65. The Morgan fingerprint density at radius 3 is 2.67 bits per heavy atom. The maximum absolute atomic E-state index is 11.4. The first-order chi connectivity index (χ1) is 8.29. The number of aromatic nitrogens is 1. The van der Waals surface area contributed by atoms with Crippen molar-refractivity contribution in [1.29, 1.82) is 0 Å². The summed E-state index contributed by atoms with van der Waals surface area (Å²) in [6, 6.07) is 5.58. The Morgan fingerprint density at radius 2 is 2.11 bits per heavy atom. The van der Waals surface area contributed by atoms with Crippen LogP contribution in [-0.2, 0) is 0 Å². The van der Waals surface area contributed by atoms with Gasteiger partial charge in [-0.25, -0.2) is 14.7 Å². The number of benzene rings is 1. The first-order valence-corrected chi connectivity index (χ1v) is 6.68. The Labute approximate surface area is 115 Å². The summed E-state index contributed by atoms with van der Waals surface area (Å²) in [6.45, 7) is 5.53. The highest BCUT2D eigenvalue weighted by Gasteiger charge is 2.30. The largest absolute Gasteiger partial charge is 0.465 e. The fraction of sp³-hybridized carbons (Fsp3) is 0.333. The first kappa shape index (κ1) is 13.2. The molecule has 1 amide bonds. The highest BCUT2D eigenvalue weighted by Crippen LogP contribution is 2.33. The van der Waals surface area contributed by atoms with Gasteiger partial charge in [-0.05, 0) is 39.0 Å². The van der Waals surface area contributed by atoms with Crippen LogP contribution >= 0.6 is 24.0 Å². The van der Waals surface area contributed by atoms with E-state index in [1.54, 1.807) is 0 Å². The number of carboxylic acid groups (broad SMARTS) is 1. The van der Waals surface area contributed by atoms with Crippen LogP contribution in [0.5, 0.6) is 0 Å². The molecule has 0 bridgehead atoms. The number of hydrogen-bond acceptors (Lipinski definition) is 4. The highest BCUT2D eigenvalue weighted by atomic mass is 32.1. The summed E-state index contributed by atoms with van der Waals surface area (Å²) in [5, 5.41) is 9.81. The Hall–Kier alpha value is -1.27. The second kappa shape index (κ2) is 4.44. The molecule has 2 rings (SSSR count). The zero-order valence-electron chi connectivity index (χ0n) is 10.3. The van der Waals surface area contributed by atoms with Crippen LogP contribution in [-0.4, -0.2) is 21.7 Å². The number of anilines is 1. The molecule has 0 radical (unpaired) electrons. The minimum atomic E-state index is -0.993. The normalized spacial score (nSPS) is 11.8. The lowest BCUT2D eigenvalue weighted by Crippen LogP contribution is -2.45. The van der Waals surface area contributed by atoms with Crippen molar-refractivity contribution < 1.29 is 9.90 Å². The highest BCUT2D eigenvalue weighted by molar-refractivity contribution is 7.80. The molecule has 0 unspecified atom stereocenters.